The maximum atomic E-state index is 12.0. The van der Waals surface area contributed by atoms with Crippen molar-refractivity contribution >= 4 is 106 Å². The van der Waals surface area contributed by atoms with Crippen molar-refractivity contribution in [3.8, 4) is 12.1 Å². The predicted molar refractivity (Wildman–Crippen MR) is 293 cm³/mol. The van der Waals surface area contributed by atoms with Gasteiger partial charge in [-0.1, -0.05) is 219 Å². The first-order chi connectivity index (χ1) is 33.7. The van der Waals surface area contributed by atoms with Gasteiger partial charge in [0, 0.05) is 27.6 Å². The van der Waals surface area contributed by atoms with E-state index < -0.39 is 19.1 Å². The molecule has 0 aliphatic heterocycles. The molecule has 0 aliphatic carbocycles. The van der Waals surface area contributed by atoms with Gasteiger partial charge in [0.05, 0.1) is 31.1 Å². The molecule has 6 aromatic carbocycles. The van der Waals surface area contributed by atoms with E-state index in [1.165, 1.54) is 22.7 Å². The summed E-state index contributed by atoms with van der Waals surface area (Å²) in [5.41, 5.74) is 8.45. The lowest BCUT2D eigenvalue weighted by atomic mass is 9.49. The van der Waals surface area contributed by atoms with Crippen LogP contribution >= 0.6 is 22.7 Å². The number of hydrogen-bond donors (Lipinski definition) is 0. The molecule has 4 aromatic heterocycles. The van der Waals surface area contributed by atoms with Gasteiger partial charge in [-0.3, -0.25) is 0 Å². The highest BCUT2D eigenvalue weighted by Crippen LogP contribution is 2.37. The van der Waals surface area contributed by atoms with Gasteiger partial charge >= 0.3 is 13.7 Å². The molecule has 330 valence electrons. The summed E-state index contributed by atoms with van der Waals surface area (Å²) in [5.74, 6) is 0. The molecule has 0 saturated heterocycles. The van der Waals surface area contributed by atoms with Gasteiger partial charge in [-0.25, -0.2) is 9.97 Å². The Morgan fingerprint density at radius 1 is 0.551 bits per heavy atom. The van der Waals surface area contributed by atoms with Crippen LogP contribution in [0.15, 0.2) is 201 Å². The van der Waals surface area contributed by atoms with Gasteiger partial charge in [-0.05, 0) is 36.8 Å². The standard InChI is InChI=1S/C59H46B2N6S2/c1-6-7-12-25-40(2)53-51-52(55(46(39-63)58-65-48-35-22-24-37-50(48)69-58)66(53)60(41-26-13-8-14-27-41)42-28-15-9-16-29-42)56(59(3,4)5)67(61(43-30-17-10-18-31-43)44-32-19-11-20-33-44)54(51)45(38-62)57-64-47-34-21-23-36-49(47)68-57/h6-37H,2H2,1,3-5H3/b7-6-,25-12-,54-45-,55-46-. The Hall–Kier alpha value is -8.01. The van der Waals surface area contributed by atoms with E-state index >= 15 is 0 Å². The smallest absolute Gasteiger partial charge is 0.328 e. The monoisotopic (exact) mass is 924 g/mol. The molecule has 10 heteroatoms. The van der Waals surface area contributed by atoms with Crippen LogP contribution in [0.1, 0.15) is 49.1 Å². The molecule has 69 heavy (non-hydrogen) atoms. The van der Waals surface area contributed by atoms with Crippen molar-refractivity contribution in [2.75, 3.05) is 0 Å². The third kappa shape index (κ3) is 8.19. The van der Waals surface area contributed by atoms with Crippen molar-refractivity contribution in [2.24, 2.45) is 0 Å². The molecule has 10 rings (SSSR count). The Morgan fingerprint density at radius 3 is 1.33 bits per heavy atom. The highest BCUT2D eigenvalue weighted by atomic mass is 32.1. The SMILES string of the molecule is C=C(/C=C\C=C/C)c1c2/c(=C(\C#N)c3nc4ccccc4s3)n(B(c3ccccc3)c3ccccc3)c(C(C)(C)C)c2/c(=C(\C#N)c2nc3ccccc3s2)n1B(c1ccccc1)c1ccccc1. The molecule has 10 aromatic rings. The van der Waals surface area contributed by atoms with Crippen LogP contribution in [0.5, 0.6) is 0 Å². The van der Waals surface area contributed by atoms with E-state index in [1.807, 2.05) is 91.9 Å². The van der Waals surface area contributed by atoms with Crippen molar-refractivity contribution in [1.29, 1.82) is 10.5 Å². The fourth-order valence-corrected chi connectivity index (χ4v) is 11.6. The van der Waals surface area contributed by atoms with Crippen LogP contribution in [-0.2, 0) is 5.41 Å². The molecular formula is C59H46B2N6S2. The minimum Gasteiger partial charge on any atom is -0.378 e. The second-order valence-electron chi connectivity index (χ2n) is 17.9. The first kappa shape index (κ1) is 44.8. The molecule has 0 bridgehead atoms. The maximum Gasteiger partial charge on any atom is 0.328 e. The highest BCUT2D eigenvalue weighted by molar-refractivity contribution is 7.20. The summed E-state index contributed by atoms with van der Waals surface area (Å²) in [7, 11) is 0. The number of aromatic nitrogens is 4. The number of nitrogens with zero attached hydrogens (tertiary/aromatic N) is 6. The minimum absolute atomic E-state index is 0.422. The van der Waals surface area contributed by atoms with E-state index in [2.05, 4.69) is 151 Å². The highest BCUT2D eigenvalue weighted by Gasteiger charge is 2.39. The fraction of sp³-hybridized carbons (Fsp3) is 0.0847. The average molecular weight is 925 g/mol. The van der Waals surface area contributed by atoms with E-state index in [9.17, 15) is 10.5 Å². The van der Waals surface area contributed by atoms with E-state index in [4.69, 9.17) is 16.5 Å². The zero-order chi connectivity index (χ0) is 47.6. The zero-order valence-electron chi connectivity index (χ0n) is 38.8. The molecule has 0 radical (unpaired) electrons. The van der Waals surface area contributed by atoms with Crippen LogP contribution < -0.4 is 32.5 Å². The topological polar surface area (TPSA) is 83.2 Å². The van der Waals surface area contributed by atoms with Crippen LogP contribution in [0.4, 0.5) is 0 Å². The first-order valence-electron chi connectivity index (χ1n) is 23.0. The lowest BCUT2D eigenvalue weighted by molar-refractivity contribution is 0.567. The largest absolute Gasteiger partial charge is 0.378 e. The molecule has 6 nitrogen and oxygen atoms in total. The van der Waals surface area contributed by atoms with Gasteiger partial charge in [-0.2, -0.15) is 10.5 Å². The van der Waals surface area contributed by atoms with Crippen LogP contribution in [0.3, 0.4) is 0 Å². The summed E-state index contributed by atoms with van der Waals surface area (Å²) >= 11 is 3.02. The Balaban J connectivity index is 1.58. The first-order valence-corrected chi connectivity index (χ1v) is 24.6. The number of rotatable bonds is 11. The predicted octanol–water partition coefficient (Wildman–Crippen LogP) is 9.86. The molecule has 0 N–H and O–H groups in total. The average Bonchev–Trinajstić information content (AvgIpc) is 4.15. The molecule has 0 aliphatic rings. The van der Waals surface area contributed by atoms with E-state index in [1.54, 1.807) is 0 Å². The Labute approximate surface area is 411 Å². The number of thiazole rings is 2. The number of fused-ring (bicyclic) bond motifs is 3. The maximum absolute atomic E-state index is 12.0. The summed E-state index contributed by atoms with van der Waals surface area (Å²) in [6.07, 6.45) is 8.04. The third-order valence-electron chi connectivity index (χ3n) is 12.5. The van der Waals surface area contributed by atoms with Crippen molar-refractivity contribution in [3.63, 3.8) is 0 Å². The van der Waals surface area contributed by atoms with Crippen molar-refractivity contribution in [3.05, 3.63) is 233 Å². The van der Waals surface area contributed by atoms with Crippen LogP contribution in [0.25, 0.3) is 47.9 Å². The molecule has 4 heterocycles. The van der Waals surface area contributed by atoms with Gasteiger partial charge in [0.1, 0.15) is 33.3 Å². The molecular weight excluding hydrogens is 878 g/mol. The number of nitriles is 2. The second-order valence-corrected chi connectivity index (χ2v) is 20.0. The zero-order valence-corrected chi connectivity index (χ0v) is 40.5. The molecule has 0 unspecified atom stereocenters. The summed E-state index contributed by atoms with van der Waals surface area (Å²) in [6.45, 7) is 12.7. The molecule has 0 amide bonds. The van der Waals surface area contributed by atoms with E-state index in [0.29, 0.717) is 37.4 Å². The molecule has 0 atom stereocenters. The van der Waals surface area contributed by atoms with Crippen molar-refractivity contribution < 1.29 is 0 Å². The van der Waals surface area contributed by atoms with Crippen LogP contribution in [0, 0.1) is 22.7 Å². The van der Waals surface area contributed by atoms with Crippen LogP contribution in [0.2, 0.25) is 0 Å². The second kappa shape index (κ2) is 18.9. The summed E-state index contributed by atoms with van der Waals surface area (Å²) in [5, 5.41) is 28.2. The van der Waals surface area contributed by atoms with Crippen molar-refractivity contribution in [2.45, 2.75) is 33.1 Å². The van der Waals surface area contributed by atoms with Crippen LogP contribution in [-0.4, -0.2) is 32.6 Å². The summed E-state index contributed by atoms with van der Waals surface area (Å²) in [4.78, 5) is 10.5. The van der Waals surface area contributed by atoms with Gasteiger partial charge in [0.15, 0.2) is 0 Å². The van der Waals surface area contributed by atoms with Gasteiger partial charge in [0.2, 0.25) is 0 Å². The number of para-hydroxylation sites is 2. The van der Waals surface area contributed by atoms with Crippen molar-refractivity contribution in [1.82, 2.24) is 18.9 Å². The molecule has 0 saturated carbocycles. The van der Waals surface area contributed by atoms with E-state index in [-0.39, 0.29) is 0 Å². The Bertz CT molecular complexity index is 3580. The van der Waals surface area contributed by atoms with Gasteiger partial charge in [0.25, 0.3) is 0 Å². The summed E-state index contributed by atoms with van der Waals surface area (Å²) < 4.78 is 6.69. The van der Waals surface area contributed by atoms with E-state index in [0.717, 1.165) is 64.4 Å². The summed E-state index contributed by atoms with van der Waals surface area (Å²) in [6, 6.07) is 63.6. The normalized spacial score (nSPS) is 12.7. The quantitative estimate of drug-likeness (QED) is 0.0956. The minimum atomic E-state index is -0.601. The number of hydrogen-bond acceptors (Lipinski definition) is 6. The number of benzene rings is 6. The molecule has 0 spiro atoms. The lowest BCUT2D eigenvalue weighted by Crippen LogP contribution is -2.55. The third-order valence-corrected chi connectivity index (χ3v) is 14.6. The Kier molecular flexibility index (Phi) is 12.3. The van der Waals surface area contributed by atoms with Gasteiger partial charge in [-0.15, -0.1) is 22.7 Å². The fourth-order valence-electron chi connectivity index (χ4n) is 9.71. The van der Waals surface area contributed by atoms with Gasteiger partial charge < -0.3 is 8.96 Å². The number of allylic oxidation sites excluding steroid dienone is 5. The lowest BCUT2D eigenvalue weighted by Gasteiger charge is -2.29. The molecule has 0 fully saturated rings. The Morgan fingerprint density at radius 2 is 0.942 bits per heavy atom.